The van der Waals surface area contributed by atoms with Gasteiger partial charge in [0, 0.05) is 6.42 Å². The van der Waals surface area contributed by atoms with Crippen LogP contribution in [0, 0.1) is 0 Å². The molecular weight excluding hydrogens is 178 g/mol. The number of hydrogen-bond donors (Lipinski definition) is 1. The maximum Gasteiger partial charge on any atom is 0.217 e. The van der Waals surface area contributed by atoms with E-state index in [0.29, 0.717) is 6.42 Å². The van der Waals surface area contributed by atoms with Crippen molar-refractivity contribution in [1.82, 2.24) is 0 Å². The lowest BCUT2D eigenvalue weighted by Crippen LogP contribution is -2.10. The maximum absolute atomic E-state index is 10.5. The van der Waals surface area contributed by atoms with Crippen LogP contribution in [0.15, 0.2) is 24.3 Å². The Labute approximate surface area is 83.9 Å². The van der Waals surface area contributed by atoms with E-state index in [9.17, 15) is 4.79 Å². The number of ether oxygens (including phenoxy) is 1. The molecule has 0 atom stereocenters. The Hall–Kier alpha value is -1.51. The number of primary amides is 1. The molecule has 1 amide bonds. The molecule has 2 N–H and O–H groups in total. The van der Waals surface area contributed by atoms with Gasteiger partial charge in [0.1, 0.15) is 5.75 Å². The molecule has 0 saturated heterocycles. The van der Waals surface area contributed by atoms with Crippen LogP contribution in [0.2, 0.25) is 0 Å². The van der Waals surface area contributed by atoms with Gasteiger partial charge in [-0.25, -0.2) is 0 Å². The van der Waals surface area contributed by atoms with Gasteiger partial charge in [-0.15, -0.1) is 0 Å². The van der Waals surface area contributed by atoms with E-state index < -0.39 is 0 Å². The van der Waals surface area contributed by atoms with E-state index in [4.69, 9.17) is 10.5 Å². The number of benzene rings is 1. The molecular formula is C11H15NO2. The molecule has 1 aromatic rings. The molecule has 0 spiro atoms. The molecule has 1 rings (SSSR count). The average Bonchev–Trinajstić information content (AvgIpc) is 2.18. The van der Waals surface area contributed by atoms with Crippen molar-refractivity contribution in [1.29, 1.82) is 0 Å². The minimum Gasteiger partial charge on any atom is -0.497 e. The number of hydrogen-bond acceptors (Lipinski definition) is 2. The van der Waals surface area contributed by atoms with Gasteiger partial charge in [0.25, 0.3) is 0 Å². The fourth-order valence-electron chi connectivity index (χ4n) is 1.29. The Morgan fingerprint density at radius 1 is 1.50 bits per heavy atom. The van der Waals surface area contributed by atoms with Gasteiger partial charge in [0.2, 0.25) is 5.91 Å². The minimum absolute atomic E-state index is 0.243. The van der Waals surface area contributed by atoms with E-state index in [1.165, 1.54) is 5.56 Å². The molecule has 0 saturated carbocycles. The summed E-state index contributed by atoms with van der Waals surface area (Å²) in [6.45, 7) is 0. The molecule has 14 heavy (non-hydrogen) atoms. The van der Waals surface area contributed by atoms with Gasteiger partial charge in [-0.2, -0.15) is 0 Å². The molecule has 3 nitrogen and oxygen atoms in total. The lowest BCUT2D eigenvalue weighted by molar-refractivity contribution is -0.118. The first-order chi connectivity index (χ1) is 6.72. The second-order valence-corrected chi connectivity index (χ2v) is 3.17. The first-order valence-electron chi connectivity index (χ1n) is 4.63. The largest absolute Gasteiger partial charge is 0.497 e. The Kier molecular flexibility index (Phi) is 3.98. The standard InChI is InChI=1S/C11H15NO2/c1-14-10-6-2-4-9(8-10)5-3-7-11(12)13/h2,4,6,8H,3,5,7H2,1H3,(H2,12,13). The van der Waals surface area contributed by atoms with Crippen LogP contribution in [-0.2, 0) is 11.2 Å². The lowest BCUT2D eigenvalue weighted by atomic mass is 10.1. The second kappa shape index (κ2) is 5.27. The second-order valence-electron chi connectivity index (χ2n) is 3.17. The summed E-state index contributed by atoms with van der Waals surface area (Å²) in [5.74, 6) is 0.606. The maximum atomic E-state index is 10.5. The number of rotatable bonds is 5. The van der Waals surface area contributed by atoms with Gasteiger partial charge < -0.3 is 10.5 Å². The molecule has 3 heteroatoms. The van der Waals surface area contributed by atoms with Crippen molar-refractivity contribution in [3.63, 3.8) is 0 Å². The number of aryl methyl sites for hydroxylation is 1. The zero-order valence-corrected chi connectivity index (χ0v) is 8.32. The van der Waals surface area contributed by atoms with Crippen molar-refractivity contribution in [2.45, 2.75) is 19.3 Å². The molecule has 0 aliphatic heterocycles. The Bertz CT molecular complexity index is 310. The van der Waals surface area contributed by atoms with E-state index in [-0.39, 0.29) is 5.91 Å². The van der Waals surface area contributed by atoms with Crippen molar-refractivity contribution in [3.05, 3.63) is 29.8 Å². The minimum atomic E-state index is -0.243. The van der Waals surface area contributed by atoms with Gasteiger partial charge in [-0.3, -0.25) is 4.79 Å². The highest BCUT2D eigenvalue weighted by atomic mass is 16.5. The Morgan fingerprint density at radius 3 is 2.93 bits per heavy atom. The van der Waals surface area contributed by atoms with Crippen LogP contribution < -0.4 is 10.5 Å². The first-order valence-corrected chi connectivity index (χ1v) is 4.63. The predicted octanol–water partition coefficient (Wildman–Crippen LogP) is 1.50. The quantitative estimate of drug-likeness (QED) is 0.770. The molecule has 0 radical (unpaired) electrons. The van der Waals surface area contributed by atoms with Crippen LogP contribution in [0.4, 0.5) is 0 Å². The molecule has 0 aliphatic carbocycles. The number of amides is 1. The van der Waals surface area contributed by atoms with Crippen LogP contribution in [0.5, 0.6) is 5.75 Å². The third-order valence-electron chi connectivity index (χ3n) is 2.02. The zero-order valence-electron chi connectivity index (χ0n) is 8.32. The zero-order chi connectivity index (χ0) is 10.4. The van der Waals surface area contributed by atoms with Crippen molar-refractivity contribution in [3.8, 4) is 5.75 Å². The highest BCUT2D eigenvalue weighted by Gasteiger charge is 1.98. The third kappa shape index (κ3) is 3.47. The lowest BCUT2D eigenvalue weighted by Gasteiger charge is -2.03. The van der Waals surface area contributed by atoms with E-state index in [0.717, 1.165) is 18.6 Å². The fourth-order valence-corrected chi connectivity index (χ4v) is 1.29. The Morgan fingerprint density at radius 2 is 2.29 bits per heavy atom. The van der Waals surface area contributed by atoms with Crippen LogP contribution >= 0.6 is 0 Å². The summed E-state index contributed by atoms with van der Waals surface area (Å²) in [7, 11) is 1.64. The highest BCUT2D eigenvalue weighted by Crippen LogP contribution is 2.14. The summed E-state index contributed by atoms with van der Waals surface area (Å²) in [5, 5.41) is 0. The summed E-state index contributed by atoms with van der Waals surface area (Å²) in [6, 6.07) is 7.83. The third-order valence-corrected chi connectivity index (χ3v) is 2.02. The van der Waals surface area contributed by atoms with Crippen molar-refractivity contribution in [2.75, 3.05) is 7.11 Å². The summed E-state index contributed by atoms with van der Waals surface area (Å²) < 4.78 is 5.09. The summed E-state index contributed by atoms with van der Waals surface area (Å²) in [6.07, 6.45) is 2.10. The number of nitrogens with two attached hydrogens (primary N) is 1. The van der Waals surface area contributed by atoms with Crippen molar-refractivity contribution < 1.29 is 9.53 Å². The topological polar surface area (TPSA) is 52.3 Å². The average molecular weight is 193 g/mol. The van der Waals surface area contributed by atoms with Gasteiger partial charge in [0.15, 0.2) is 0 Å². The van der Waals surface area contributed by atoms with Crippen LogP contribution in [0.1, 0.15) is 18.4 Å². The molecule has 0 fully saturated rings. The smallest absolute Gasteiger partial charge is 0.217 e. The highest BCUT2D eigenvalue weighted by molar-refractivity contribution is 5.73. The van der Waals surface area contributed by atoms with E-state index in [2.05, 4.69) is 0 Å². The van der Waals surface area contributed by atoms with Gasteiger partial charge in [-0.1, -0.05) is 12.1 Å². The molecule has 0 aliphatic rings. The van der Waals surface area contributed by atoms with Gasteiger partial charge >= 0.3 is 0 Å². The molecule has 0 heterocycles. The fraction of sp³-hybridized carbons (Fsp3) is 0.364. The Balaban J connectivity index is 2.46. The summed E-state index contributed by atoms with van der Waals surface area (Å²) in [4.78, 5) is 10.5. The normalized spacial score (nSPS) is 9.79. The molecule has 1 aromatic carbocycles. The summed E-state index contributed by atoms with van der Waals surface area (Å²) in [5.41, 5.74) is 6.22. The first kappa shape index (κ1) is 10.6. The number of carbonyl (C=O) groups excluding carboxylic acids is 1. The van der Waals surface area contributed by atoms with Crippen molar-refractivity contribution in [2.24, 2.45) is 5.73 Å². The van der Waals surface area contributed by atoms with Crippen LogP contribution in [0.3, 0.4) is 0 Å². The monoisotopic (exact) mass is 193 g/mol. The van der Waals surface area contributed by atoms with Crippen molar-refractivity contribution >= 4 is 5.91 Å². The van der Waals surface area contributed by atoms with Crippen LogP contribution in [0.25, 0.3) is 0 Å². The van der Waals surface area contributed by atoms with E-state index in [1.54, 1.807) is 7.11 Å². The molecule has 0 unspecified atom stereocenters. The molecule has 76 valence electrons. The molecule has 0 aromatic heterocycles. The number of methoxy groups -OCH3 is 1. The predicted molar refractivity (Wildman–Crippen MR) is 55.1 cm³/mol. The number of carbonyl (C=O) groups is 1. The molecule has 0 bridgehead atoms. The van der Waals surface area contributed by atoms with Crippen LogP contribution in [-0.4, -0.2) is 13.0 Å². The SMILES string of the molecule is COc1cccc(CCCC(N)=O)c1. The van der Waals surface area contributed by atoms with Gasteiger partial charge in [0.05, 0.1) is 7.11 Å². The van der Waals surface area contributed by atoms with E-state index in [1.807, 2.05) is 24.3 Å². The summed E-state index contributed by atoms with van der Waals surface area (Å²) >= 11 is 0. The van der Waals surface area contributed by atoms with Gasteiger partial charge in [-0.05, 0) is 30.5 Å². The van der Waals surface area contributed by atoms with E-state index >= 15 is 0 Å².